The number of nitrogens with zero attached hydrogens (tertiary/aromatic N) is 1. The number of rotatable bonds is 4. The lowest BCUT2D eigenvalue weighted by Crippen LogP contribution is -1.98. The van der Waals surface area contributed by atoms with E-state index in [1.54, 1.807) is 11.8 Å². The SMILES string of the molecule is CCNc1cccc(Sc2ccc(C)c(C)c2)n1. The molecule has 0 aliphatic rings. The number of pyridine rings is 1. The predicted molar refractivity (Wildman–Crippen MR) is 78.4 cm³/mol. The molecule has 0 spiro atoms. The highest BCUT2D eigenvalue weighted by atomic mass is 32.2. The average molecular weight is 258 g/mol. The first-order chi connectivity index (χ1) is 8.69. The maximum atomic E-state index is 4.56. The number of aryl methyl sites for hydroxylation is 2. The highest BCUT2D eigenvalue weighted by molar-refractivity contribution is 7.99. The monoisotopic (exact) mass is 258 g/mol. The van der Waals surface area contributed by atoms with Crippen molar-refractivity contribution in [2.45, 2.75) is 30.7 Å². The molecule has 0 amide bonds. The second-order valence-corrected chi connectivity index (χ2v) is 5.33. The van der Waals surface area contributed by atoms with Crippen LogP contribution in [0, 0.1) is 13.8 Å². The van der Waals surface area contributed by atoms with E-state index in [2.05, 4.69) is 49.3 Å². The van der Waals surface area contributed by atoms with Crippen molar-refractivity contribution >= 4 is 17.6 Å². The fourth-order valence-corrected chi connectivity index (χ4v) is 2.55. The van der Waals surface area contributed by atoms with E-state index in [4.69, 9.17) is 0 Å². The topological polar surface area (TPSA) is 24.9 Å². The number of hydrogen-bond donors (Lipinski definition) is 1. The second-order valence-electron chi connectivity index (χ2n) is 4.24. The number of nitrogens with one attached hydrogen (secondary N) is 1. The van der Waals surface area contributed by atoms with E-state index in [1.165, 1.54) is 16.0 Å². The Bertz CT molecular complexity index is 538. The van der Waals surface area contributed by atoms with Gasteiger partial charge in [0.1, 0.15) is 10.8 Å². The predicted octanol–water partition coefficient (Wildman–Crippen LogP) is 4.28. The van der Waals surface area contributed by atoms with Crippen LogP contribution in [-0.2, 0) is 0 Å². The molecule has 0 aliphatic heterocycles. The van der Waals surface area contributed by atoms with Gasteiger partial charge in [0.15, 0.2) is 0 Å². The van der Waals surface area contributed by atoms with Crippen LogP contribution in [-0.4, -0.2) is 11.5 Å². The molecular weight excluding hydrogens is 240 g/mol. The van der Waals surface area contributed by atoms with Crippen LogP contribution in [0.15, 0.2) is 46.3 Å². The summed E-state index contributed by atoms with van der Waals surface area (Å²) in [6.45, 7) is 7.24. The third-order valence-electron chi connectivity index (χ3n) is 2.78. The molecule has 1 aromatic carbocycles. The van der Waals surface area contributed by atoms with E-state index in [1.807, 2.05) is 18.2 Å². The van der Waals surface area contributed by atoms with Crippen LogP contribution in [0.3, 0.4) is 0 Å². The maximum absolute atomic E-state index is 4.56. The molecule has 2 nitrogen and oxygen atoms in total. The molecular formula is C15H18N2S. The van der Waals surface area contributed by atoms with Crippen molar-refractivity contribution in [3.63, 3.8) is 0 Å². The lowest BCUT2D eigenvalue weighted by Gasteiger charge is -2.06. The summed E-state index contributed by atoms with van der Waals surface area (Å²) in [7, 11) is 0. The number of anilines is 1. The second kappa shape index (κ2) is 5.91. The van der Waals surface area contributed by atoms with E-state index in [9.17, 15) is 0 Å². The van der Waals surface area contributed by atoms with Crippen molar-refractivity contribution in [3.05, 3.63) is 47.5 Å². The van der Waals surface area contributed by atoms with Crippen molar-refractivity contribution < 1.29 is 0 Å². The first kappa shape index (κ1) is 13.0. The standard InChI is InChI=1S/C15H18N2S/c1-4-16-14-6-5-7-15(17-14)18-13-9-8-11(2)12(3)10-13/h5-10H,4H2,1-3H3,(H,16,17). The molecule has 1 heterocycles. The first-order valence-corrected chi connectivity index (χ1v) is 6.96. The highest BCUT2D eigenvalue weighted by Crippen LogP contribution is 2.28. The van der Waals surface area contributed by atoms with Crippen molar-refractivity contribution in [1.82, 2.24) is 4.98 Å². The number of benzene rings is 1. The molecule has 94 valence electrons. The van der Waals surface area contributed by atoms with Gasteiger partial charge in [-0.3, -0.25) is 0 Å². The van der Waals surface area contributed by atoms with Crippen molar-refractivity contribution in [3.8, 4) is 0 Å². The van der Waals surface area contributed by atoms with Crippen LogP contribution in [0.2, 0.25) is 0 Å². The minimum atomic E-state index is 0.894. The minimum Gasteiger partial charge on any atom is -0.370 e. The van der Waals surface area contributed by atoms with Crippen LogP contribution in [0.25, 0.3) is 0 Å². The quantitative estimate of drug-likeness (QED) is 0.886. The summed E-state index contributed by atoms with van der Waals surface area (Å²) in [5.41, 5.74) is 2.65. The molecule has 0 unspecified atom stereocenters. The van der Waals surface area contributed by atoms with Gasteiger partial charge in [0, 0.05) is 11.4 Å². The summed E-state index contributed by atoms with van der Waals surface area (Å²) in [4.78, 5) is 5.80. The molecule has 0 bridgehead atoms. The fourth-order valence-electron chi connectivity index (χ4n) is 1.65. The van der Waals surface area contributed by atoms with E-state index in [-0.39, 0.29) is 0 Å². The van der Waals surface area contributed by atoms with Gasteiger partial charge in [-0.1, -0.05) is 23.9 Å². The maximum Gasteiger partial charge on any atom is 0.127 e. The van der Waals surface area contributed by atoms with Crippen LogP contribution in [0.4, 0.5) is 5.82 Å². The molecule has 1 aromatic heterocycles. The van der Waals surface area contributed by atoms with Gasteiger partial charge in [-0.05, 0) is 56.2 Å². The molecule has 1 N–H and O–H groups in total. The zero-order valence-corrected chi connectivity index (χ0v) is 11.8. The Morgan fingerprint density at radius 2 is 1.94 bits per heavy atom. The Hall–Kier alpha value is -1.48. The Labute approximate surface area is 113 Å². The summed E-state index contributed by atoms with van der Waals surface area (Å²) >= 11 is 1.70. The molecule has 2 rings (SSSR count). The van der Waals surface area contributed by atoms with Gasteiger partial charge in [0.2, 0.25) is 0 Å². The Kier molecular flexibility index (Phi) is 4.26. The van der Waals surface area contributed by atoms with Crippen molar-refractivity contribution in [2.75, 3.05) is 11.9 Å². The summed E-state index contributed by atoms with van der Waals surface area (Å²) in [6, 6.07) is 12.6. The van der Waals surface area contributed by atoms with Gasteiger partial charge in [0.05, 0.1) is 0 Å². The lowest BCUT2D eigenvalue weighted by molar-refractivity contribution is 1.08. The minimum absolute atomic E-state index is 0.894. The molecule has 0 atom stereocenters. The largest absolute Gasteiger partial charge is 0.370 e. The van der Waals surface area contributed by atoms with Gasteiger partial charge in [0.25, 0.3) is 0 Å². The van der Waals surface area contributed by atoms with E-state index >= 15 is 0 Å². The van der Waals surface area contributed by atoms with E-state index in [0.717, 1.165) is 17.4 Å². The zero-order chi connectivity index (χ0) is 13.0. The highest BCUT2D eigenvalue weighted by Gasteiger charge is 2.01. The summed E-state index contributed by atoms with van der Waals surface area (Å²) in [5.74, 6) is 0.936. The van der Waals surface area contributed by atoms with Gasteiger partial charge in [-0.2, -0.15) is 0 Å². The third-order valence-corrected chi connectivity index (χ3v) is 3.71. The summed E-state index contributed by atoms with van der Waals surface area (Å²) in [5, 5.41) is 4.25. The van der Waals surface area contributed by atoms with Crippen molar-refractivity contribution in [1.29, 1.82) is 0 Å². The van der Waals surface area contributed by atoms with Gasteiger partial charge >= 0.3 is 0 Å². The molecule has 0 saturated carbocycles. The third kappa shape index (κ3) is 3.26. The van der Waals surface area contributed by atoms with Gasteiger partial charge in [-0.15, -0.1) is 0 Å². The fraction of sp³-hybridized carbons (Fsp3) is 0.267. The smallest absolute Gasteiger partial charge is 0.127 e. The van der Waals surface area contributed by atoms with Gasteiger partial charge < -0.3 is 5.32 Å². The molecule has 3 heteroatoms. The first-order valence-electron chi connectivity index (χ1n) is 6.15. The normalized spacial score (nSPS) is 10.4. The number of hydrogen-bond acceptors (Lipinski definition) is 3. The van der Waals surface area contributed by atoms with Gasteiger partial charge in [-0.25, -0.2) is 4.98 Å². The molecule has 0 saturated heterocycles. The Balaban J connectivity index is 2.17. The molecule has 0 radical (unpaired) electrons. The Morgan fingerprint density at radius 1 is 1.11 bits per heavy atom. The van der Waals surface area contributed by atoms with E-state index in [0.29, 0.717) is 0 Å². The summed E-state index contributed by atoms with van der Waals surface area (Å²) in [6.07, 6.45) is 0. The molecule has 18 heavy (non-hydrogen) atoms. The van der Waals surface area contributed by atoms with Crippen LogP contribution < -0.4 is 5.32 Å². The average Bonchev–Trinajstić information content (AvgIpc) is 2.35. The lowest BCUT2D eigenvalue weighted by atomic mass is 10.1. The van der Waals surface area contributed by atoms with E-state index < -0.39 is 0 Å². The van der Waals surface area contributed by atoms with Crippen LogP contribution in [0.5, 0.6) is 0 Å². The van der Waals surface area contributed by atoms with Crippen LogP contribution >= 0.6 is 11.8 Å². The molecule has 2 aromatic rings. The zero-order valence-electron chi connectivity index (χ0n) is 11.0. The Morgan fingerprint density at radius 3 is 2.67 bits per heavy atom. The molecule has 0 fully saturated rings. The number of aromatic nitrogens is 1. The molecule has 0 aliphatic carbocycles. The van der Waals surface area contributed by atoms with Crippen LogP contribution in [0.1, 0.15) is 18.1 Å². The summed E-state index contributed by atoms with van der Waals surface area (Å²) < 4.78 is 0. The van der Waals surface area contributed by atoms with Crippen molar-refractivity contribution in [2.24, 2.45) is 0 Å².